The normalized spacial score (nSPS) is 16.1. The topological polar surface area (TPSA) is 97.3 Å². The summed E-state index contributed by atoms with van der Waals surface area (Å²) in [4.78, 5) is 17.4. The molecule has 7 nitrogen and oxygen atoms in total. The second kappa shape index (κ2) is 8.01. The molecule has 2 aromatic heterocycles. The van der Waals surface area contributed by atoms with Crippen molar-refractivity contribution in [3.8, 4) is 0 Å². The second-order valence-corrected chi connectivity index (χ2v) is 8.09. The minimum Gasteiger partial charge on any atom is -0.381 e. The van der Waals surface area contributed by atoms with Gasteiger partial charge >= 0.3 is 0 Å². The lowest BCUT2D eigenvalue weighted by atomic mass is 9.88. The van der Waals surface area contributed by atoms with Crippen molar-refractivity contribution in [2.24, 2.45) is 0 Å². The van der Waals surface area contributed by atoms with Gasteiger partial charge in [0.2, 0.25) is 0 Å². The highest BCUT2D eigenvalue weighted by atomic mass is 35.5. The molecule has 0 aliphatic carbocycles. The largest absolute Gasteiger partial charge is 0.381 e. The smallest absolute Gasteiger partial charge is 0.259 e. The van der Waals surface area contributed by atoms with Crippen LogP contribution in [0.5, 0.6) is 0 Å². The lowest BCUT2D eigenvalue weighted by Gasteiger charge is -2.32. The molecule has 4 N–H and O–H groups in total. The summed E-state index contributed by atoms with van der Waals surface area (Å²) in [7, 11) is 0. The van der Waals surface area contributed by atoms with Gasteiger partial charge in [-0.1, -0.05) is 54.1 Å². The van der Waals surface area contributed by atoms with Crippen LogP contribution in [0.15, 0.2) is 72.6 Å². The van der Waals surface area contributed by atoms with Gasteiger partial charge in [0, 0.05) is 12.4 Å². The summed E-state index contributed by atoms with van der Waals surface area (Å²) in [6.07, 6.45) is 5.40. The standard InChI is InChI=1S/C24H21ClN6O/c1-14(28-24(32)19-22(26)30-31-12-6-11-27-23(19)31)17-13-16-9-5-10-18(25)21(16)29-20(17)15-7-3-2-4-8-15/h2-14,20,29H,1H3,(H2,26,30)(H,28,32). The van der Waals surface area contributed by atoms with E-state index in [0.29, 0.717) is 10.7 Å². The first-order valence-corrected chi connectivity index (χ1v) is 10.6. The van der Waals surface area contributed by atoms with E-state index in [4.69, 9.17) is 17.3 Å². The van der Waals surface area contributed by atoms with E-state index in [0.717, 1.165) is 22.4 Å². The van der Waals surface area contributed by atoms with Gasteiger partial charge < -0.3 is 16.4 Å². The van der Waals surface area contributed by atoms with Gasteiger partial charge in [-0.05, 0) is 41.8 Å². The molecule has 1 amide bonds. The maximum absolute atomic E-state index is 13.2. The molecule has 1 aliphatic rings. The number of hydrogen-bond acceptors (Lipinski definition) is 5. The molecule has 2 unspecified atom stereocenters. The van der Waals surface area contributed by atoms with Crippen LogP contribution in [0.2, 0.25) is 5.02 Å². The average molecular weight is 445 g/mol. The van der Waals surface area contributed by atoms with E-state index in [1.165, 1.54) is 4.52 Å². The number of para-hydroxylation sites is 1. The number of carbonyl (C=O) groups excluding carboxylic acids is 1. The lowest BCUT2D eigenvalue weighted by Crippen LogP contribution is -2.38. The Morgan fingerprint density at radius 3 is 2.81 bits per heavy atom. The maximum Gasteiger partial charge on any atom is 0.259 e. The van der Waals surface area contributed by atoms with Gasteiger partial charge in [0.15, 0.2) is 11.5 Å². The van der Waals surface area contributed by atoms with Crippen molar-refractivity contribution in [2.75, 3.05) is 11.1 Å². The molecule has 8 heteroatoms. The molecule has 0 bridgehead atoms. The van der Waals surface area contributed by atoms with Crippen LogP contribution in [0.25, 0.3) is 11.7 Å². The Hall–Kier alpha value is -3.84. The molecule has 0 radical (unpaired) electrons. The molecule has 0 saturated carbocycles. The number of nitrogens with one attached hydrogen (secondary N) is 2. The van der Waals surface area contributed by atoms with E-state index in [-0.39, 0.29) is 29.4 Å². The van der Waals surface area contributed by atoms with Crippen LogP contribution < -0.4 is 16.4 Å². The molecular formula is C24H21ClN6O. The minimum atomic E-state index is -0.326. The van der Waals surface area contributed by atoms with E-state index in [1.54, 1.807) is 18.5 Å². The number of halogens is 1. The van der Waals surface area contributed by atoms with Crippen molar-refractivity contribution in [1.29, 1.82) is 0 Å². The highest BCUT2D eigenvalue weighted by Crippen LogP contribution is 2.40. The zero-order valence-electron chi connectivity index (χ0n) is 17.3. The molecule has 1 aliphatic heterocycles. The molecular weight excluding hydrogens is 424 g/mol. The minimum absolute atomic E-state index is 0.140. The number of carbonyl (C=O) groups is 1. The predicted molar refractivity (Wildman–Crippen MR) is 127 cm³/mol. The monoisotopic (exact) mass is 444 g/mol. The van der Waals surface area contributed by atoms with Crippen LogP contribution >= 0.6 is 11.6 Å². The molecule has 0 spiro atoms. The zero-order chi connectivity index (χ0) is 22.2. The van der Waals surface area contributed by atoms with Crippen molar-refractivity contribution in [2.45, 2.75) is 19.0 Å². The number of fused-ring (bicyclic) bond motifs is 2. The first-order chi connectivity index (χ1) is 15.5. The summed E-state index contributed by atoms with van der Waals surface area (Å²) >= 11 is 6.46. The number of hydrogen-bond donors (Lipinski definition) is 3. The SMILES string of the molecule is CC(NC(=O)c1c(N)nn2cccnc12)C1=Cc2cccc(Cl)c2NC1c1ccccc1. The molecule has 2 atom stereocenters. The van der Waals surface area contributed by atoms with Crippen LogP contribution in [0, 0.1) is 0 Å². The Kier molecular flexibility index (Phi) is 5.03. The average Bonchev–Trinajstić information content (AvgIpc) is 3.15. The summed E-state index contributed by atoms with van der Waals surface area (Å²) in [5.41, 5.74) is 10.6. The van der Waals surface area contributed by atoms with Crippen molar-refractivity contribution in [1.82, 2.24) is 19.9 Å². The zero-order valence-corrected chi connectivity index (χ0v) is 18.0. The number of nitrogens with zero attached hydrogens (tertiary/aromatic N) is 3. The third kappa shape index (κ3) is 3.46. The fourth-order valence-electron chi connectivity index (χ4n) is 4.07. The predicted octanol–water partition coefficient (Wildman–Crippen LogP) is 4.33. The number of amides is 1. The molecule has 32 heavy (non-hydrogen) atoms. The Bertz CT molecular complexity index is 1350. The summed E-state index contributed by atoms with van der Waals surface area (Å²) in [5, 5.41) is 11.5. The quantitative estimate of drug-likeness (QED) is 0.435. The van der Waals surface area contributed by atoms with E-state index in [1.807, 2.05) is 43.3 Å². The van der Waals surface area contributed by atoms with Crippen molar-refractivity contribution < 1.29 is 4.79 Å². The third-order valence-corrected chi connectivity index (χ3v) is 5.93. The first kappa shape index (κ1) is 20.1. The van der Waals surface area contributed by atoms with Gasteiger partial charge in [0.05, 0.1) is 22.8 Å². The van der Waals surface area contributed by atoms with Crippen LogP contribution in [0.3, 0.4) is 0 Å². The third-order valence-electron chi connectivity index (χ3n) is 5.62. The Balaban J connectivity index is 1.52. The van der Waals surface area contributed by atoms with Gasteiger partial charge in [0.1, 0.15) is 5.56 Å². The fraction of sp³-hybridized carbons (Fsp3) is 0.125. The maximum atomic E-state index is 13.2. The van der Waals surface area contributed by atoms with Crippen LogP contribution in [0.1, 0.15) is 34.5 Å². The second-order valence-electron chi connectivity index (χ2n) is 7.68. The van der Waals surface area contributed by atoms with E-state index in [2.05, 4.69) is 38.9 Å². The molecule has 3 heterocycles. The van der Waals surface area contributed by atoms with Gasteiger partial charge in [-0.3, -0.25) is 4.79 Å². The molecule has 4 aromatic rings. The summed E-state index contributed by atoms with van der Waals surface area (Å²) in [6.45, 7) is 1.95. The van der Waals surface area contributed by atoms with Crippen molar-refractivity contribution in [3.05, 3.63) is 94.3 Å². The Morgan fingerprint density at radius 1 is 1.19 bits per heavy atom. The molecule has 160 valence electrons. The Labute approximate surface area is 189 Å². The summed E-state index contributed by atoms with van der Waals surface area (Å²) < 4.78 is 1.50. The van der Waals surface area contributed by atoms with Gasteiger partial charge in [-0.2, -0.15) is 0 Å². The number of anilines is 2. The van der Waals surface area contributed by atoms with E-state index >= 15 is 0 Å². The summed E-state index contributed by atoms with van der Waals surface area (Å²) in [6, 6.07) is 17.1. The number of aromatic nitrogens is 3. The van der Waals surface area contributed by atoms with Gasteiger partial charge in [-0.25, -0.2) is 9.50 Å². The highest BCUT2D eigenvalue weighted by molar-refractivity contribution is 6.33. The Morgan fingerprint density at radius 2 is 2.00 bits per heavy atom. The number of nitrogens with two attached hydrogens (primary N) is 1. The van der Waals surface area contributed by atoms with E-state index < -0.39 is 0 Å². The van der Waals surface area contributed by atoms with Gasteiger partial charge in [-0.15, -0.1) is 5.10 Å². The van der Waals surface area contributed by atoms with E-state index in [9.17, 15) is 4.79 Å². The molecule has 0 fully saturated rings. The number of rotatable bonds is 4. The number of benzene rings is 2. The van der Waals surface area contributed by atoms with Crippen molar-refractivity contribution >= 4 is 40.7 Å². The van der Waals surface area contributed by atoms with Crippen molar-refractivity contribution in [3.63, 3.8) is 0 Å². The molecule has 5 rings (SSSR count). The first-order valence-electron chi connectivity index (χ1n) is 10.2. The lowest BCUT2D eigenvalue weighted by molar-refractivity contribution is 0.0947. The molecule has 2 aromatic carbocycles. The van der Waals surface area contributed by atoms with Crippen LogP contribution in [-0.4, -0.2) is 26.5 Å². The van der Waals surface area contributed by atoms with Crippen LogP contribution in [0.4, 0.5) is 11.5 Å². The summed E-state index contributed by atoms with van der Waals surface area (Å²) in [5.74, 6) is -0.186. The number of nitrogen functional groups attached to an aromatic ring is 1. The fourth-order valence-corrected chi connectivity index (χ4v) is 4.31. The highest BCUT2D eigenvalue weighted by Gasteiger charge is 2.29. The van der Waals surface area contributed by atoms with Crippen LogP contribution in [-0.2, 0) is 0 Å². The van der Waals surface area contributed by atoms with Gasteiger partial charge in [0.25, 0.3) is 5.91 Å². The molecule has 0 saturated heterocycles.